The van der Waals surface area contributed by atoms with Crippen LogP contribution in [0, 0.1) is 6.92 Å². The van der Waals surface area contributed by atoms with E-state index in [9.17, 15) is 0 Å². The van der Waals surface area contributed by atoms with E-state index in [1.165, 1.54) is 10.4 Å². The molecule has 0 bridgehead atoms. The quantitative estimate of drug-likeness (QED) is 0.814. The minimum Gasteiger partial charge on any atom is -0.490 e. The molecular formula is C16H22N2O2S. The summed E-state index contributed by atoms with van der Waals surface area (Å²) in [6.07, 6.45) is 1.72. The van der Waals surface area contributed by atoms with Gasteiger partial charge in [-0.1, -0.05) is 6.07 Å². The lowest BCUT2D eigenvalue weighted by molar-refractivity contribution is 0.279. The summed E-state index contributed by atoms with van der Waals surface area (Å²) in [6, 6.07) is 6.03. The lowest BCUT2D eigenvalue weighted by Crippen LogP contribution is -2.06. The molecule has 4 nitrogen and oxygen atoms in total. The molecule has 2 N–H and O–H groups in total. The number of hydrogen-bond acceptors (Lipinski definition) is 5. The van der Waals surface area contributed by atoms with Gasteiger partial charge in [0.25, 0.3) is 0 Å². The molecule has 0 unspecified atom stereocenters. The summed E-state index contributed by atoms with van der Waals surface area (Å²) in [5.74, 6) is 1.59. The largest absolute Gasteiger partial charge is 0.490 e. The van der Waals surface area contributed by atoms with Gasteiger partial charge in [-0.05, 0) is 44.5 Å². The minimum absolute atomic E-state index is 0.621. The Morgan fingerprint density at radius 3 is 2.71 bits per heavy atom. The van der Waals surface area contributed by atoms with Crippen molar-refractivity contribution in [2.45, 2.75) is 26.7 Å². The molecule has 0 aliphatic carbocycles. The van der Waals surface area contributed by atoms with Crippen LogP contribution in [0.2, 0.25) is 0 Å². The highest BCUT2D eigenvalue weighted by molar-refractivity contribution is 7.09. The molecule has 5 heteroatoms. The highest BCUT2D eigenvalue weighted by Crippen LogP contribution is 2.29. The van der Waals surface area contributed by atoms with Crippen LogP contribution in [0.25, 0.3) is 0 Å². The number of ether oxygens (including phenoxy) is 2. The van der Waals surface area contributed by atoms with Gasteiger partial charge in [-0.2, -0.15) is 0 Å². The van der Waals surface area contributed by atoms with Crippen LogP contribution in [0.5, 0.6) is 11.5 Å². The monoisotopic (exact) mass is 306 g/mol. The average molecular weight is 306 g/mol. The van der Waals surface area contributed by atoms with Crippen LogP contribution < -0.4 is 15.2 Å². The van der Waals surface area contributed by atoms with Crippen LogP contribution in [0.1, 0.15) is 23.1 Å². The van der Waals surface area contributed by atoms with Crippen molar-refractivity contribution in [1.29, 1.82) is 0 Å². The first-order valence-electron chi connectivity index (χ1n) is 7.22. The van der Waals surface area contributed by atoms with Gasteiger partial charge < -0.3 is 15.2 Å². The fraction of sp³-hybridized carbons (Fsp3) is 0.438. The van der Waals surface area contributed by atoms with Crippen molar-refractivity contribution in [3.8, 4) is 11.5 Å². The Kier molecular flexibility index (Phi) is 6.02. The zero-order valence-corrected chi connectivity index (χ0v) is 13.4. The summed E-state index contributed by atoms with van der Waals surface area (Å²) in [6.45, 7) is 5.88. The molecule has 0 aliphatic rings. The van der Waals surface area contributed by atoms with Gasteiger partial charge in [0.15, 0.2) is 11.5 Å². The molecule has 0 aliphatic heterocycles. The van der Waals surface area contributed by atoms with Crippen molar-refractivity contribution in [2.24, 2.45) is 5.73 Å². The van der Waals surface area contributed by atoms with Crippen LogP contribution in [-0.2, 0) is 12.8 Å². The molecule has 0 atom stereocenters. The molecule has 1 aromatic heterocycles. The smallest absolute Gasteiger partial charge is 0.161 e. The molecule has 114 valence electrons. The Bertz CT molecular complexity index is 569. The first kappa shape index (κ1) is 15.8. The number of hydrogen-bond donors (Lipinski definition) is 1. The molecular weight excluding hydrogens is 284 g/mol. The standard InChI is InChI=1S/C16H22N2O2S/c1-3-19-15-10-13(6-8-17)4-5-14(15)20-9-7-16-12(2)18-11-21-16/h4-5,10-11H,3,6-9,17H2,1-2H3. The summed E-state index contributed by atoms with van der Waals surface area (Å²) in [5, 5.41) is 0. The van der Waals surface area contributed by atoms with Gasteiger partial charge in [0, 0.05) is 11.3 Å². The highest BCUT2D eigenvalue weighted by atomic mass is 32.1. The molecule has 0 radical (unpaired) electrons. The lowest BCUT2D eigenvalue weighted by Gasteiger charge is -2.13. The third-order valence-electron chi connectivity index (χ3n) is 3.17. The van der Waals surface area contributed by atoms with E-state index in [4.69, 9.17) is 15.2 Å². The summed E-state index contributed by atoms with van der Waals surface area (Å²) >= 11 is 1.67. The number of thiazole rings is 1. The Morgan fingerprint density at radius 2 is 2.05 bits per heavy atom. The van der Waals surface area contributed by atoms with E-state index in [-0.39, 0.29) is 0 Å². The third-order valence-corrected chi connectivity index (χ3v) is 4.17. The number of rotatable bonds is 8. The van der Waals surface area contributed by atoms with Crippen LogP contribution in [0.15, 0.2) is 23.7 Å². The van der Waals surface area contributed by atoms with E-state index < -0.39 is 0 Å². The molecule has 1 heterocycles. The third kappa shape index (κ3) is 4.44. The number of nitrogens with zero attached hydrogens (tertiary/aromatic N) is 1. The van der Waals surface area contributed by atoms with Gasteiger partial charge >= 0.3 is 0 Å². The molecule has 2 rings (SSSR count). The van der Waals surface area contributed by atoms with Crippen molar-refractivity contribution in [1.82, 2.24) is 4.98 Å². The molecule has 0 amide bonds. The normalized spacial score (nSPS) is 10.6. The van der Waals surface area contributed by atoms with Crippen LogP contribution in [0.4, 0.5) is 0 Å². The van der Waals surface area contributed by atoms with E-state index in [0.29, 0.717) is 19.8 Å². The Morgan fingerprint density at radius 1 is 1.19 bits per heavy atom. The van der Waals surface area contributed by atoms with Crippen LogP contribution >= 0.6 is 11.3 Å². The van der Waals surface area contributed by atoms with E-state index in [1.807, 2.05) is 37.6 Å². The minimum atomic E-state index is 0.621. The predicted molar refractivity (Wildman–Crippen MR) is 86.4 cm³/mol. The molecule has 0 spiro atoms. The number of nitrogens with two attached hydrogens (primary N) is 1. The molecule has 0 fully saturated rings. The Balaban J connectivity index is 1.99. The van der Waals surface area contributed by atoms with Crippen molar-refractivity contribution in [3.05, 3.63) is 39.8 Å². The Hall–Kier alpha value is -1.59. The SMILES string of the molecule is CCOc1cc(CCN)ccc1OCCc1scnc1C. The van der Waals surface area contributed by atoms with Crippen molar-refractivity contribution >= 4 is 11.3 Å². The van der Waals surface area contributed by atoms with E-state index in [1.54, 1.807) is 11.3 Å². The van der Waals surface area contributed by atoms with Crippen molar-refractivity contribution in [2.75, 3.05) is 19.8 Å². The second-order valence-electron chi connectivity index (χ2n) is 4.71. The van der Waals surface area contributed by atoms with Gasteiger partial charge in [0.2, 0.25) is 0 Å². The zero-order valence-electron chi connectivity index (χ0n) is 12.6. The van der Waals surface area contributed by atoms with E-state index in [0.717, 1.165) is 30.0 Å². The van der Waals surface area contributed by atoms with Crippen LogP contribution in [0.3, 0.4) is 0 Å². The molecule has 2 aromatic rings. The fourth-order valence-electron chi connectivity index (χ4n) is 2.08. The maximum Gasteiger partial charge on any atom is 0.161 e. The van der Waals surface area contributed by atoms with E-state index >= 15 is 0 Å². The average Bonchev–Trinajstić information content (AvgIpc) is 2.87. The van der Waals surface area contributed by atoms with Crippen molar-refractivity contribution in [3.63, 3.8) is 0 Å². The van der Waals surface area contributed by atoms with Crippen molar-refractivity contribution < 1.29 is 9.47 Å². The summed E-state index contributed by atoms with van der Waals surface area (Å²) in [7, 11) is 0. The topological polar surface area (TPSA) is 57.4 Å². The predicted octanol–water partition coefficient (Wildman–Crippen LogP) is 2.97. The molecule has 1 aromatic carbocycles. The first-order chi connectivity index (χ1) is 10.2. The van der Waals surface area contributed by atoms with E-state index in [2.05, 4.69) is 4.98 Å². The molecule has 21 heavy (non-hydrogen) atoms. The van der Waals surface area contributed by atoms with Gasteiger partial charge in [0.1, 0.15) is 0 Å². The highest BCUT2D eigenvalue weighted by Gasteiger charge is 2.08. The fourth-order valence-corrected chi connectivity index (χ4v) is 2.84. The second kappa shape index (κ2) is 8.00. The zero-order chi connectivity index (χ0) is 15.1. The first-order valence-corrected chi connectivity index (χ1v) is 8.10. The van der Waals surface area contributed by atoms with Gasteiger partial charge in [0.05, 0.1) is 24.4 Å². The van der Waals surface area contributed by atoms with Gasteiger partial charge in [-0.25, -0.2) is 4.98 Å². The Labute approximate surface area is 129 Å². The number of aromatic nitrogens is 1. The molecule has 0 saturated heterocycles. The maximum absolute atomic E-state index is 5.87. The summed E-state index contributed by atoms with van der Waals surface area (Å²) < 4.78 is 11.5. The van der Waals surface area contributed by atoms with Gasteiger partial charge in [-0.15, -0.1) is 11.3 Å². The summed E-state index contributed by atoms with van der Waals surface area (Å²) in [4.78, 5) is 5.52. The second-order valence-corrected chi connectivity index (χ2v) is 5.65. The molecule has 0 saturated carbocycles. The lowest BCUT2D eigenvalue weighted by atomic mass is 10.1. The number of benzene rings is 1. The maximum atomic E-state index is 5.87. The van der Waals surface area contributed by atoms with Gasteiger partial charge in [-0.3, -0.25) is 0 Å². The van der Waals surface area contributed by atoms with Crippen LogP contribution in [-0.4, -0.2) is 24.7 Å². The summed E-state index contributed by atoms with van der Waals surface area (Å²) in [5.41, 5.74) is 9.73. The number of aryl methyl sites for hydroxylation is 1.